The molecule has 4 aromatic rings. The zero-order valence-electron chi connectivity index (χ0n) is 21.5. The third kappa shape index (κ3) is 5.47. The number of fused-ring (bicyclic) bond motifs is 2. The van der Waals surface area contributed by atoms with Crippen LogP contribution in [0.2, 0.25) is 0 Å². The second-order valence-corrected chi connectivity index (χ2v) is 10.2. The van der Waals surface area contributed by atoms with Gasteiger partial charge in [0.2, 0.25) is 12.7 Å². The van der Waals surface area contributed by atoms with Gasteiger partial charge in [-0.1, -0.05) is 60.6 Å². The van der Waals surface area contributed by atoms with Crippen LogP contribution in [0.4, 0.5) is 0 Å². The molecule has 1 N–H and O–H groups in total. The number of hydrogen-bond donors (Lipinski definition) is 1. The van der Waals surface area contributed by atoms with Gasteiger partial charge in [0.15, 0.2) is 16.7 Å². The van der Waals surface area contributed by atoms with Gasteiger partial charge in [0, 0.05) is 12.6 Å². The van der Waals surface area contributed by atoms with E-state index < -0.39 is 5.25 Å². The molecule has 0 aliphatic carbocycles. The van der Waals surface area contributed by atoms with Crippen LogP contribution in [-0.4, -0.2) is 34.6 Å². The largest absolute Gasteiger partial charge is 0.497 e. The Labute approximate surface area is 224 Å². The van der Waals surface area contributed by atoms with Crippen LogP contribution in [0.3, 0.4) is 0 Å². The molecule has 1 unspecified atom stereocenters. The van der Waals surface area contributed by atoms with E-state index in [9.17, 15) is 9.59 Å². The fourth-order valence-corrected chi connectivity index (χ4v) is 5.23. The number of ether oxygens (including phenoxy) is 3. The first-order valence-electron chi connectivity index (χ1n) is 12.4. The Kier molecular flexibility index (Phi) is 7.55. The summed E-state index contributed by atoms with van der Waals surface area (Å²) in [5.74, 6) is 1.70. The molecule has 1 amide bonds. The van der Waals surface area contributed by atoms with Gasteiger partial charge in [-0.3, -0.25) is 14.2 Å². The zero-order valence-corrected chi connectivity index (χ0v) is 22.3. The Morgan fingerprint density at radius 2 is 1.76 bits per heavy atom. The molecule has 5 rings (SSSR count). The van der Waals surface area contributed by atoms with Crippen molar-refractivity contribution in [3.05, 3.63) is 87.7 Å². The molecular weight excluding hydrogens is 502 g/mol. The summed E-state index contributed by atoms with van der Waals surface area (Å²) in [6, 6.07) is 19.0. The van der Waals surface area contributed by atoms with Crippen LogP contribution in [0.25, 0.3) is 10.9 Å². The van der Waals surface area contributed by atoms with Gasteiger partial charge < -0.3 is 19.5 Å². The maximum atomic E-state index is 13.7. The van der Waals surface area contributed by atoms with E-state index in [1.54, 1.807) is 23.8 Å². The Bertz CT molecular complexity index is 1520. The number of carbonyl (C=O) groups excluding carboxylic acids is 1. The lowest BCUT2D eigenvalue weighted by Crippen LogP contribution is -2.33. The van der Waals surface area contributed by atoms with Gasteiger partial charge in [-0.05, 0) is 42.7 Å². The number of rotatable bonds is 9. The van der Waals surface area contributed by atoms with Crippen molar-refractivity contribution in [2.45, 2.75) is 43.8 Å². The molecule has 0 fully saturated rings. The average Bonchev–Trinajstić information content (AvgIpc) is 3.40. The number of methoxy groups -OCH3 is 1. The standard InChI is InChI=1S/C29H29N3O5S/c1-4-26(27(33)30-15-19-7-5-18(2)6-8-19)38-29-31-23-14-25-24(36-17-37-25)13-22(23)28(34)32(29)16-20-9-11-21(35-3)12-10-20/h5-14,26H,4,15-17H2,1-3H3,(H,30,33). The van der Waals surface area contributed by atoms with Crippen LogP contribution >= 0.6 is 11.8 Å². The number of benzene rings is 3. The van der Waals surface area contributed by atoms with E-state index in [1.807, 2.05) is 62.4 Å². The van der Waals surface area contributed by atoms with E-state index >= 15 is 0 Å². The highest BCUT2D eigenvalue weighted by molar-refractivity contribution is 8.00. The number of nitrogens with zero attached hydrogens (tertiary/aromatic N) is 2. The summed E-state index contributed by atoms with van der Waals surface area (Å²) < 4.78 is 17.9. The van der Waals surface area contributed by atoms with Gasteiger partial charge in [0.25, 0.3) is 5.56 Å². The highest BCUT2D eigenvalue weighted by Gasteiger charge is 2.24. The lowest BCUT2D eigenvalue weighted by Gasteiger charge is -2.18. The maximum Gasteiger partial charge on any atom is 0.262 e. The third-order valence-corrected chi connectivity index (χ3v) is 7.77. The van der Waals surface area contributed by atoms with E-state index in [0.29, 0.717) is 47.1 Å². The van der Waals surface area contributed by atoms with Crippen LogP contribution < -0.4 is 25.1 Å². The van der Waals surface area contributed by atoms with Crippen molar-refractivity contribution < 1.29 is 19.0 Å². The number of nitrogens with one attached hydrogen (secondary N) is 1. The minimum atomic E-state index is -0.430. The maximum absolute atomic E-state index is 13.7. The molecule has 1 aliphatic heterocycles. The number of aryl methyl sites for hydroxylation is 1. The molecule has 1 aromatic heterocycles. The minimum absolute atomic E-state index is 0.103. The van der Waals surface area contributed by atoms with Crippen molar-refractivity contribution in [2.24, 2.45) is 0 Å². The van der Waals surface area contributed by atoms with Crippen molar-refractivity contribution in [3.8, 4) is 17.2 Å². The summed E-state index contributed by atoms with van der Waals surface area (Å²) in [4.78, 5) is 31.7. The highest BCUT2D eigenvalue weighted by Crippen LogP contribution is 2.35. The number of hydrogen-bond acceptors (Lipinski definition) is 7. The topological polar surface area (TPSA) is 91.7 Å². The zero-order chi connectivity index (χ0) is 26.6. The van der Waals surface area contributed by atoms with Gasteiger partial charge in [0.1, 0.15) is 5.75 Å². The van der Waals surface area contributed by atoms with E-state index in [0.717, 1.165) is 16.9 Å². The fraction of sp³-hybridized carbons (Fsp3) is 0.276. The fourth-order valence-electron chi connectivity index (χ4n) is 4.19. The van der Waals surface area contributed by atoms with Gasteiger partial charge in [-0.25, -0.2) is 4.98 Å². The Morgan fingerprint density at radius 3 is 2.45 bits per heavy atom. The summed E-state index contributed by atoms with van der Waals surface area (Å²) in [6.45, 7) is 4.81. The molecule has 2 heterocycles. The highest BCUT2D eigenvalue weighted by atomic mass is 32.2. The van der Waals surface area contributed by atoms with Gasteiger partial charge >= 0.3 is 0 Å². The second-order valence-electron chi connectivity index (χ2n) is 9.07. The second kappa shape index (κ2) is 11.2. The number of amides is 1. The molecule has 196 valence electrons. The quantitative estimate of drug-likeness (QED) is 0.248. The monoisotopic (exact) mass is 531 g/mol. The molecule has 38 heavy (non-hydrogen) atoms. The molecule has 0 bridgehead atoms. The average molecular weight is 532 g/mol. The molecule has 3 aromatic carbocycles. The Hall–Kier alpha value is -3.98. The molecule has 1 atom stereocenters. The SMILES string of the molecule is CCC(Sc1nc2cc3c(cc2c(=O)n1Cc1ccc(OC)cc1)OCO3)C(=O)NCc1ccc(C)cc1. The molecule has 8 nitrogen and oxygen atoms in total. The van der Waals surface area contributed by atoms with Crippen molar-refractivity contribution in [1.29, 1.82) is 0 Å². The summed E-state index contributed by atoms with van der Waals surface area (Å²) in [7, 11) is 1.61. The molecule has 1 aliphatic rings. The van der Waals surface area contributed by atoms with Crippen LogP contribution in [0.15, 0.2) is 70.6 Å². The molecule has 0 saturated heterocycles. The van der Waals surface area contributed by atoms with E-state index in [-0.39, 0.29) is 18.3 Å². The first-order chi connectivity index (χ1) is 18.4. The van der Waals surface area contributed by atoms with Crippen LogP contribution in [0.5, 0.6) is 17.2 Å². The number of carbonyl (C=O) groups is 1. The summed E-state index contributed by atoms with van der Waals surface area (Å²) >= 11 is 1.29. The van der Waals surface area contributed by atoms with Crippen LogP contribution in [0.1, 0.15) is 30.0 Å². The van der Waals surface area contributed by atoms with E-state index in [2.05, 4.69) is 5.32 Å². The molecular formula is C29H29N3O5S. The predicted octanol–water partition coefficient (Wildman–Crippen LogP) is 4.68. The van der Waals surface area contributed by atoms with Crippen molar-refractivity contribution in [3.63, 3.8) is 0 Å². The van der Waals surface area contributed by atoms with Gasteiger partial charge in [0.05, 0.1) is 29.8 Å². The van der Waals surface area contributed by atoms with Crippen LogP contribution in [0, 0.1) is 6.92 Å². The Morgan fingerprint density at radius 1 is 1.08 bits per heavy atom. The van der Waals surface area contributed by atoms with Gasteiger partial charge in [-0.2, -0.15) is 0 Å². The summed E-state index contributed by atoms with van der Waals surface area (Å²) in [6.07, 6.45) is 0.571. The van der Waals surface area contributed by atoms with Crippen molar-refractivity contribution in [2.75, 3.05) is 13.9 Å². The van der Waals surface area contributed by atoms with Crippen molar-refractivity contribution >= 4 is 28.6 Å². The number of aromatic nitrogens is 2. The first-order valence-corrected chi connectivity index (χ1v) is 13.3. The normalized spacial score (nSPS) is 12.9. The smallest absolute Gasteiger partial charge is 0.262 e. The molecule has 9 heteroatoms. The molecule has 0 spiro atoms. The summed E-state index contributed by atoms with van der Waals surface area (Å²) in [5.41, 5.74) is 3.40. The van der Waals surface area contributed by atoms with Gasteiger partial charge in [-0.15, -0.1) is 0 Å². The predicted molar refractivity (Wildman–Crippen MR) is 147 cm³/mol. The lowest BCUT2D eigenvalue weighted by atomic mass is 10.1. The first kappa shape index (κ1) is 25.7. The third-order valence-electron chi connectivity index (χ3n) is 6.41. The lowest BCUT2D eigenvalue weighted by molar-refractivity contribution is -0.120. The Balaban J connectivity index is 1.47. The van der Waals surface area contributed by atoms with Crippen LogP contribution in [-0.2, 0) is 17.9 Å². The molecule has 0 saturated carbocycles. The number of thioether (sulfide) groups is 1. The van der Waals surface area contributed by atoms with E-state index in [1.165, 1.54) is 17.3 Å². The minimum Gasteiger partial charge on any atom is -0.497 e. The molecule has 0 radical (unpaired) electrons. The van der Waals surface area contributed by atoms with Crippen molar-refractivity contribution in [1.82, 2.24) is 14.9 Å². The summed E-state index contributed by atoms with van der Waals surface area (Å²) in [5, 5.41) is 3.50. The van der Waals surface area contributed by atoms with E-state index in [4.69, 9.17) is 19.2 Å².